The number of rotatable bonds is 2. The van der Waals surface area contributed by atoms with Crippen LogP contribution in [0.5, 0.6) is 0 Å². The molecular formula is C22H19NO. The zero-order chi connectivity index (χ0) is 16.3. The van der Waals surface area contributed by atoms with Crippen LogP contribution in [-0.2, 0) is 13.5 Å². The van der Waals surface area contributed by atoms with Crippen LogP contribution < -0.4 is 0 Å². The second-order valence-electron chi connectivity index (χ2n) is 6.60. The number of furan rings is 1. The van der Waals surface area contributed by atoms with Crippen LogP contribution in [0, 0.1) is 0 Å². The lowest BCUT2D eigenvalue weighted by Crippen LogP contribution is -1.87. The highest BCUT2D eigenvalue weighted by Crippen LogP contribution is 2.38. The molecule has 5 aromatic rings. The van der Waals surface area contributed by atoms with Gasteiger partial charge in [-0.2, -0.15) is 0 Å². The van der Waals surface area contributed by atoms with Crippen molar-refractivity contribution in [3.63, 3.8) is 0 Å². The third kappa shape index (κ3) is 1.71. The Morgan fingerprint density at radius 1 is 0.875 bits per heavy atom. The fourth-order valence-corrected chi connectivity index (χ4v) is 3.98. The minimum atomic E-state index is 0.955. The van der Waals surface area contributed by atoms with Crippen molar-refractivity contribution < 1.29 is 4.42 Å². The van der Waals surface area contributed by atoms with Gasteiger partial charge in [0.2, 0.25) is 0 Å². The van der Waals surface area contributed by atoms with E-state index < -0.39 is 0 Å². The summed E-state index contributed by atoms with van der Waals surface area (Å²) in [5, 5.41) is 4.97. The minimum Gasteiger partial charge on any atom is -0.454 e. The lowest BCUT2D eigenvalue weighted by molar-refractivity contribution is 0.670. The highest BCUT2D eigenvalue weighted by Gasteiger charge is 2.16. The van der Waals surface area contributed by atoms with E-state index in [1.165, 1.54) is 44.6 Å². The number of nitrogens with zero attached hydrogens (tertiary/aromatic N) is 1. The van der Waals surface area contributed by atoms with Gasteiger partial charge in [0.05, 0.1) is 5.52 Å². The number of benzene rings is 3. The first kappa shape index (κ1) is 13.7. The van der Waals surface area contributed by atoms with Crippen molar-refractivity contribution in [2.75, 3.05) is 0 Å². The first-order valence-electron chi connectivity index (χ1n) is 8.59. The van der Waals surface area contributed by atoms with Gasteiger partial charge in [-0.05, 0) is 36.2 Å². The Morgan fingerprint density at radius 3 is 2.58 bits per heavy atom. The summed E-state index contributed by atoms with van der Waals surface area (Å²) in [5.74, 6) is 0. The van der Waals surface area contributed by atoms with Crippen molar-refractivity contribution in [3.05, 3.63) is 60.2 Å². The van der Waals surface area contributed by atoms with Crippen LogP contribution in [0.1, 0.15) is 18.9 Å². The molecule has 0 N–H and O–H groups in total. The maximum absolute atomic E-state index is 6.23. The summed E-state index contributed by atoms with van der Waals surface area (Å²) < 4.78 is 8.50. The molecule has 2 aromatic heterocycles. The largest absolute Gasteiger partial charge is 0.454 e. The third-order valence-electron chi connectivity index (χ3n) is 5.11. The molecule has 0 radical (unpaired) electrons. The number of hydrogen-bond donors (Lipinski definition) is 0. The normalized spacial score (nSPS) is 12.1. The Hall–Kier alpha value is -2.74. The molecule has 0 fully saturated rings. The van der Waals surface area contributed by atoms with Gasteiger partial charge in [0.1, 0.15) is 5.58 Å². The van der Waals surface area contributed by atoms with E-state index in [2.05, 4.69) is 61.0 Å². The number of fused-ring (bicyclic) bond motifs is 7. The van der Waals surface area contributed by atoms with E-state index in [0.29, 0.717) is 0 Å². The fourth-order valence-electron chi connectivity index (χ4n) is 3.98. The van der Waals surface area contributed by atoms with Crippen molar-refractivity contribution in [2.24, 2.45) is 7.05 Å². The van der Waals surface area contributed by atoms with Crippen LogP contribution in [0.15, 0.2) is 59.0 Å². The highest BCUT2D eigenvalue weighted by molar-refractivity contribution is 6.20. The average Bonchev–Trinajstić information content (AvgIpc) is 3.11. The molecule has 2 heterocycles. The van der Waals surface area contributed by atoms with Gasteiger partial charge in [0.15, 0.2) is 5.58 Å². The SMILES string of the molecule is CCCc1ccc2c(c1)c1ccc3c4ccccc4oc3c1n2C. The van der Waals surface area contributed by atoms with Gasteiger partial charge in [-0.25, -0.2) is 0 Å². The molecule has 118 valence electrons. The molecule has 0 unspecified atom stereocenters. The van der Waals surface area contributed by atoms with Gasteiger partial charge >= 0.3 is 0 Å². The van der Waals surface area contributed by atoms with E-state index in [9.17, 15) is 0 Å². The maximum atomic E-state index is 6.23. The topological polar surface area (TPSA) is 18.1 Å². The first-order chi connectivity index (χ1) is 11.8. The summed E-state index contributed by atoms with van der Waals surface area (Å²) in [5.41, 5.74) is 5.80. The number of para-hydroxylation sites is 1. The average molecular weight is 313 g/mol. The van der Waals surface area contributed by atoms with E-state index >= 15 is 0 Å². The van der Waals surface area contributed by atoms with Gasteiger partial charge in [0.25, 0.3) is 0 Å². The fraction of sp³-hybridized carbons (Fsp3) is 0.182. The predicted octanol–water partition coefficient (Wildman–Crippen LogP) is 6.18. The molecule has 0 spiro atoms. The Bertz CT molecular complexity index is 1220. The lowest BCUT2D eigenvalue weighted by atomic mass is 10.0. The van der Waals surface area contributed by atoms with E-state index in [-0.39, 0.29) is 0 Å². The molecule has 0 atom stereocenters. The van der Waals surface area contributed by atoms with Crippen LogP contribution in [0.3, 0.4) is 0 Å². The van der Waals surface area contributed by atoms with Gasteiger partial charge < -0.3 is 8.98 Å². The molecular weight excluding hydrogens is 294 g/mol. The van der Waals surface area contributed by atoms with Gasteiger partial charge in [-0.15, -0.1) is 0 Å². The van der Waals surface area contributed by atoms with Gasteiger partial charge in [-0.3, -0.25) is 0 Å². The molecule has 0 aliphatic carbocycles. The standard InChI is InChI=1S/C22H19NO/c1-3-6-14-9-12-19-18(13-14)16-10-11-17-15-7-4-5-8-20(15)24-22(17)21(16)23(19)2/h4-5,7-13H,3,6H2,1-2H3. The van der Waals surface area contributed by atoms with Crippen molar-refractivity contribution in [1.82, 2.24) is 4.57 Å². The quantitative estimate of drug-likeness (QED) is 0.380. The monoisotopic (exact) mass is 313 g/mol. The zero-order valence-electron chi connectivity index (χ0n) is 14.0. The lowest BCUT2D eigenvalue weighted by Gasteiger charge is -2.00. The summed E-state index contributed by atoms with van der Waals surface area (Å²) in [6, 6.07) is 19.6. The molecule has 0 aliphatic heterocycles. The molecule has 5 rings (SSSR count). The molecule has 3 aromatic carbocycles. The molecule has 2 nitrogen and oxygen atoms in total. The Kier molecular flexibility index (Phi) is 2.78. The van der Waals surface area contributed by atoms with Gasteiger partial charge in [0, 0.05) is 34.1 Å². The Morgan fingerprint density at radius 2 is 1.71 bits per heavy atom. The molecule has 0 saturated heterocycles. The van der Waals surface area contributed by atoms with Crippen LogP contribution in [0.25, 0.3) is 43.7 Å². The van der Waals surface area contributed by atoms with Crippen LogP contribution in [0.4, 0.5) is 0 Å². The van der Waals surface area contributed by atoms with E-state index in [1.807, 2.05) is 12.1 Å². The Labute approximate surface area is 140 Å². The van der Waals surface area contributed by atoms with E-state index in [4.69, 9.17) is 4.42 Å². The number of aromatic nitrogens is 1. The molecule has 24 heavy (non-hydrogen) atoms. The zero-order valence-corrected chi connectivity index (χ0v) is 14.0. The highest BCUT2D eigenvalue weighted by atomic mass is 16.3. The summed E-state index contributed by atoms with van der Waals surface area (Å²) in [4.78, 5) is 0. The van der Waals surface area contributed by atoms with E-state index in [1.54, 1.807) is 0 Å². The third-order valence-corrected chi connectivity index (χ3v) is 5.11. The summed E-state index contributed by atoms with van der Waals surface area (Å²) in [6.45, 7) is 2.23. The second kappa shape index (κ2) is 4.88. The molecule has 2 heteroatoms. The van der Waals surface area contributed by atoms with Crippen LogP contribution in [0.2, 0.25) is 0 Å². The molecule has 0 bridgehead atoms. The van der Waals surface area contributed by atoms with Crippen LogP contribution in [-0.4, -0.2) is 4.57 Å². The van der Waals surface area contributed by atoms with Crippen LogP contribution >= 0.6 is 0 Å². The van der Waals surface area contributed by atoms with E-state index in [0.717, 1.165) is 17.6 Å². The van der Waals surface area contributed by atoms with Gasteiger partial charge in [-0.1, -0.05) is 43.7 Å². The summed E-state index contributed by atoms with van der Waals surface area (Å²) in [7, 11) is 2.14. The smallest absolute Gasteiger partial charge is 0.159 e. The Balaban J connectivity index is 1.96. The molecule has 0 aliphatic rings. The molecule has 0 amide bonds. The summed E-state index contributed by atoms with van der Waals surface area (Å²) >= 11 is 0. The predicted molar refractivity (Wildman–Crippen MR) is 102 cm³/mol. The second-order valence-corrected chi connectivity index (χ2v) is 6.60. The van der Waals surface area contributed by atoms with Crippen molar-refractivity contribution in [3.8, 4) is 0 Å². The number of aryl methyl sites for hydroxylation is 2. The van der Waals surface area contributed by atoms with Crippen molar-refractivity contribution in [2.45, 2.75) is 19.8 Å². The van der Waals surface area contributed by atoms with Crippen molar-refractivity contribution in [1.29, 1.82) is 0 Å². The first-order valence-corrected chi connectivity index (χ1v) is 8.59. The molecule has 0 saturated carbocycles. The minimum absolute atomic E-state index is 0.955. The van der Waals surface area contributed by atoms with Crippen molar-refractivity contribution >= 4 is 43.7 Å². The summed E-state index contributed by atoms with van der Waals surface area (Å²) in [6.07, 6.45) is 2.29. The maximum Gasteiger partial charge on any atom is 0.159 e. The number of hydrogen-bond acceptors (Lipinski definition) is 1.